The largest absolute Gasteiger partial charge is 0.490 e. The Morgan fingerprint density at radius 3 is 2.45 bits per heavy atom. The van der Waals surface area contributed by atoms with E-state index in [0.29, 0.717) is 36.2 Å². The molecular weight excluding hydrogens is 396 g/mol. The summed E-state index contributed by atoms with van der Waals surface area (Å²) in [7, 11) is 0. The van der Waals surface area contributed by atoms with Gasteiger partial charge in [-0.15, -0.1) is 0 Å². The number of carbonyl (C=O) groups excluding carboxylic acids is 2. The Hall–Kier alpha value is -3.55. The fourth-order valence-electron chi connectivity index (χ4n) is 3.11. The van der Waals surface area contributed by atoms with Crippen LogP contribution in [-0.4, -0.2) is 34.7 Å². The monoisotopic (exact) mass is 424 g/mol. The van der Waals surface area contributed by atoms with Crippen LogP contribution in [0.3, 0.4) is 0 Å². The van der Waals surface area contributed by atoms with Gasteiger partial charge in [-0.2, -0.15) is 0 Å². The third-order valence-electron chi connectivity index (χ3n) is 4.53. The molecule has 3 rings (SSSR count). The maximum Gasteiger partial charge on any atom is 0.325 e. The number of para-hydroxylation sites is 2. The first kappa shape index (κ1) is 22.1. The van der Waals surface area contributed by atoms with E-state index in [1.807, 2.05) is 45.0 Å². The van der Waals surface area contributed by atoms with E-state index in [4.69, 9.17) is 9.47 Å². The Morgan fingerprint density at radius 2 is 1.71 bits per heavy atom. The van der Waals surface area contributed by atoms with Crippen LogP contribution in [0.4, 0.5) is 10.5 Å². The number of imidazole rings is 1. The van der Waals surface area contributed by atoms with Crippen molar-refractivity contribution < 1.29 is 19.1 Å². The molecule has 0 atom stereocenters. The molecule has 1 heterocycles. The van der Waals surface area contributed by atoms with Crippen molar-refractivity contribution in [1.29, 1.82) is 0 Å². The maximum atomic E-state index is 12.4. The highest BCUT2D eigenvalue weighted by Gasteiger charge is 2.14. The highest BCUT2D eigenvalue weighted by molar-refractivity contribution is 6.01. The van der Waals surface area contributed by atoms with E-state index in [2.05, 4.69) is 15.6 Å². The van der Waals surface area contributed by atoms with Crippen molar-refractivity contribution in [2.75, 3.05) is 18.5 Å². The average molecular weight is 425 g/mol. The highest BCUT2D eigenvalue weighted by Crippen LogP contribution is 2.31. The van der Waals surface area contributed by atoms with Gasteiger partial charge in [-0.05, 0) is 44.0 Å². The number of hydrogen-bond acceptors (Lipinski definition) is 5. The van der Waals surface area contributed by atoms with Gasteiger partial charge < -0.3 is 19.4 Å². The molecule has 31 heavy (non-hydrogen) atoms. The molecule has 3 aromatic rings. The zero-order valence-corrected chi connectivity index (χ0v) is 18.1. The molecule has 0 unspecified atom stereocenters. The lowest BCUT2D eigenvalue weighted by Gasteiger charge is -2.14. The van der Waals surface area contributed by atoms with E-state index in [1.165, 1.54) is 0 Å². The molecule has 8 heteroatoms. The summed E-state index contributed by atoms with van der Waals surface area (Å²) in [4.78, 5) is 29.2. The molecule has 164 valence electrons. The number of aryl methyl sites for hydroxylation is 1. The summed E-state index contributed by atoms with van der Waals surface area (Å²) in [5.74, 6) is 1.45. The van der Waals surface area contributed by atoms with Crippen molar-refractivity contribution in [3.8, 4) is 11.5 Å². The van der Waals surface area contributed by atoms with Gasteiger partial charge in [-0.3, -0.25) is 10.1 Å². The fourth-order valence-corrected chi connectivity index (χ4v) is 3.11. The minimum atomic E-state index is -0.615. The molecule has 0 spiro atoms. The quantitative estimate of drug-likeness (QED) is 0.535. The number of aromatic nitrogens is 2. The van der Waals surface area contributed by atoms with Gasteiger partial charge in [0.2, 0.25) is 5.91 Å². The Labute approximate surface area is 181 Å². The Balaban J connectivity index is 1.64. The van der Waals surface area contributed by atoms with Gasteiger partial charge in [0.25, 0.3) is 0 Å². The lowest BCUT2D eigenvalue weighted by Crippen LogP contribution is -2.36. The molecule has 2 N–H and O–H groups in total. The Kier molecular flexibility index (Phi) is 7.48. The number of imide groups is 1. The molecular formula is C23H28N4O4. The molecule has 8 nitrogen and oxygen atoms in total. The molecule has 0 aliphatic carbocycles. The zero-order chi connectivity index (χ0) is 22.2. The summed E-state index contributed by atoms with van der Waals surface area (Å²) >= 11 is 0. The molecule has 0 radical (unpaired) electrons. The molecule has 3 amide bonds. The molecule has 0 saturated heterocycles. The first-order valence-corrected chi connectivity index (χ1v) is 10.4. The summed E-state index contributed by atoms with van der Waals surface area (Å²) in [5, 5.41) is 5.03. The van der Waals surface area contributed by atoms with E-state index in [9.17, 15) is 9.59 Å². The second kappa shape index (κ2) is 10.5. The van der Waals surface area contributed by atoms with Gasteiger partial charge in [-0.1, -0.05) is 26.0 Å². The number of benzene rings is 2. The van der Waals surface area contributed by atoms with Crippen LogP contribution in [0.1, 0.15) is 32.5 Å². The average Bonchev–Trinajstić information content (AvgIpc) is 3.06. The van der Waals surface area contributed by atoms with E-state index in [1.54, 1.807) is 22.8 Å². The first-order valence-electron chi connectivity index (χ1n) is 10.4. The molecule has 0 aliphatic heterocycles. The lowest BCUT2D eigenvalue weighted by molar-refractivity contribution is -0.120. The van der Waals surface area contributed by atoms with Crippen molar-refractivity contribution in [1.82, 2.24) is 14.9 Å². The number of urea groups is 1. The minimum absolute atomic E-state index is 0.00553. The highest BCUT2D eigenvalue weighted by atomic mass is 16.5. The number of rotatable bonds is 9. The lowest BCUT2D eigenvalue weighted by atomic mass is 10.2. The van der Waals surface area contributed by atoms with Crippen LogP contribution >= 0.6 is 0 Å². The second-order valence-corrected chi connectivity index (χ2v) is 7.09. The third-order valence-corrected chi connectivity index (χ3v) is 4.53. The number of carbonyl (C=O) groups is 2. The van der Waals surface area contributed by atoms with Crippen LogP contribution in [0.25, 0.3) is 11.0 Å². The van der Waals surface area contributed by atoms with Crippen molar-refractivity contribution in [2.45, 2.75) is 40.2 Å². The van der Waals surface area contributed by atoms with Gasteiger partial charge >= 0.3 is 6.03 Å². The Bertz CT molecular complexity index is 1060. The SMILES string of the molecule is CCCOc1ccc(NC(=O)NC(=O)Cn2c(C)nc3ccccc32)cc1OCCC. The van der Waals surface area contributed by atoms with Gasteiger partial charge in [-0.25, -0.2) is 9.78 Å². The smallest absolute Gasteiger partial charge is 0.325 e. The fraction of sp³-hybridized carbons (Fsp3) is 0.348. The van der Waals surface area contributed by atoms with Gasteiger partial charge in [0.05, 0.1) is 24.2 Å². The van der Waals surface area contributed by atoms with Crippen LogP contribution in [0.5, 0.6) is 11.5 Å². The van der Waals surface area contributed by atoms with E-state index in [-0.39, 0.29) is 6.54 Å². The molecule has 2 aromatic carbocycles. The van der Waals surface area contributed by atoms with E-state index < -0.39 is 11.9 Å². The molecule has 0 fully saturated rings. The number of fused-ring (bicyclic) bond motifs is 1. The van der Waals surface area contributed by atoms with Gasteiger partial charge in [0, 0.05) is 11.8 Å². The molecule has 1 aromatic heterocycles. The molecule has 0 saturated carbocycles. The predicted octanol–water partition coefficient (Wildman–Crippen LogP) is 4.27. The van der Waals surface area contributed by atoms with Crippen molar-refractivity contribution >= 4 is 28.7 Å². The summed E-state index contributed by atoms with van der Waals surface area (Å²) in [6.45, 7) is 6.97. The van der Waals surface area contributed by atoms with Crippen LogP contribution in [0.2, 0.25) is 0 Å². The van der Waals surface area contributed by atoms with Crippen LogP contribution in [0.15, 0.2) is 42.5 Å². The minimum Gasteiger partial charge on any atom is -0.490 e. The number of amides is 3. The van der Waals surface area contributed by atoms with Crippen LogP contribution in [0, 0.1) is 6.92 Å². The number of hydrogen-bond donors (Lipinski definition) is 2. The van der Waals surface area contributed by atoms with Crippen LogP contribution < -0.4 is 20.1 Å². The zero-order valence-electron chi connectivity index (χ0n) is 18.1. The van der Waals surface area contributed by atoms with Crippen molar-refractivity contribution in [3.63, 3.8) is 0 Å². The molecule has 0 aliphatic rings. The second-order valence-electron chi connectivity index (χ2n) is 7.09. The summed E-state index contributed by atoms with van der Waals surface area (Å²) in [6, 6.07) is 12.1. The van der Waals surface area contributed by atoms with E-state index in [0.717, 1.165) is 23.9 Å². The van der Waals surface area contributed by atoms with Crippen molar-refractivity contribution in [2.24, 2.45) is 0 Å². The summed E-state index contributed by atoms with van der Waals surface area (Å²) in [6.07, 6.45) is 1.73. The summed E-state index contributed by atoms with van der Waals surface area (Å²) < 4.78 is 13.2. The van der Waals surface area contributed by atoms with Crippen LogP contribution in [-0.2, 0) is 11.3 Å². The van der Waals surface area contributed by atoms with Gasteiger partial charge in [0.1, 0.15) is 12.4 Å². The topological polar surface area (TPSA) is 94.5 Å². The number of ether oxygens (including phenoxy) is 2. The first-order chi connectivity index (χ1) is 15.0. The van der Waals surface area contributed by atoms with Crippen molar-refractivity contribution in [3.05, 3.63) is 48.3 Å². The standard InChI is InChI=1S/C23H28N4O4/c1-4-12-30-20-11-10-17(14-21(20)31-13-5-2)25-23(29)26-22(28)15-27-16(3)24-18-8-6-7-9-19(18)27/h6-11,14H,4-5,12-13,15H2,1-3H3,(H2,25,26,28,29). The van der Waals surface area contributed by atoms with Gasteiger partial charge in [0.15, 0.2) is 11.5 Å². The van der Waals surface area contributed by atoms with E-state index >= 15 is 0 Å². The Morgan fingerprint density at radius 1 is 1.00 bits per heavy atom. The normalized spacial score (nSPS) is 10.7. The number of anilines is 1. The third kappa shape index (κ3) is 5.75. The predicted molar refractivity (Wildman–Crippen MR) is 120 cm³/mol. The maximum absolute atomic E-state index is 12.4. The number of nitrogens with zero attached hydrogens (tertiary/aromatic N) is 2. The molecule has 0 bridgehead atoms. The summed E-state index contributed by atoms with van der Waals surface area (Å²) in [5.41, 5.74) is 2.16. The number of nitrogens with one attached hydrogen (secondary N) is 2.